The van der Waals surface area contributed by atoms with Crippen LogP contribution in [0.25, 0.3) is 0 Å². The van der Waals surface area contributed by atoms with Gasteiger partial charge in [0, 0.05) is 5.56 Å². The zero-order valence-electron chi connectivity index (χ0n) is 8.96. The number of thioether (sulfide) groups is 1. The van der Waals surface area contributed by atoms with E-state index in [1.54, 1.807) is 12.1 Å². The minimum atomic E-state index is -0.331. The van der Waals surface area contributed by atoms with E-state index in [0.29, 0.717) is 5.56 Å². The van der Waals surface area contributed by atoms with Crippen LogP contribution < -0.4 is 0 Å². The molecule has 1 aromatic rings. The molecule has 0 aliphatic heterocycles. The Balaban J connectivity index is 3.10. The van der Waals surface area contributed by atoms with Crippen LogP contribution in [0.15, 0.2) is 18.2 Å². The van der Waals surface area contributed by atoms with Gasteiger partial charge in [-0.1, -0.05) is 23.7 Å². The fourth-order valence-corrected chi connectivity index (χ4v) is 1.32. The molecule has 0 heterocycles. The number of ether oxygens (including phenoxy) is 1. The summed E-state index contributed by atoms with van der Waals surface area (Å²) in [5.41, 5.74) is 2.46. The van der Waals surface area contributed by atoms with Gasteiger partial charge in [-0.2, -0.15) is 0 Å². The van der Waals surface area contributed by atoms with Gasteiger partial charge in [0.2, 0.25) is 0 Å². The topological polar surface area (TPSA) is 26.3 Å². The summed E-state index contributed by atoms with van der Waals surface area (Å²) in [5, 5.41) is 2.90. The van der Waals surface area contributed by atoms with Crippen molar-refractivity contribution in [2.24, 2.45) is 0 Å². The summed E-state index contributed by atoms with van der Waals surface area (Å²) in [6, 6.07) is 5.37. The molecule has 0 radical (unpaired) electrons. The molecular formula is C12H12O2S. The predicted molar refractivity (Wildman–Crippen MR) is 62.9 cm³/mol. The first-order valence-electron chi connectivity index (χ1n) is 4.42. The Kier molecular flexibility index (Phi) is 4.26. The summed E-state index contributed by atoms with van der Waals surface area (Å²) in [7, 11) is 1.37. The average molecular weight is 220 g/mol. The Hall–Kier alpha value is -1.40. The fraction of sp³-hybridized carbons (Fsp3) is 0.250. The summed E-state index contributed by atoms with van der Waals surface area (Å²) >= 11 is 1.45. The third-order valence-electron chi connectivity index (χ3n) is 1.95. The van der Waals surface area contributed by atoms with E-state index in [1.165, 1.54) is 18.9 Å². The number of methoxy groups -OCH3 is 1. The summed E-state index contributed by atoms with van der Waals surface area (Å²) in [5.74, 6) is 2.66. The number of aryl methyl sites for hydroxylation is 1. The maximum atomic E-state index is 11.3. The van der Waals surface area contributed by atoms with Crippen molar-refractivity contribution in [2.75, 3.05) is 13.4 Å². The molecule has 78 valence electrons. The van der Waals surface area contributed by atoms with E-state index in [2.05, 4.69) is 15.9 Å². The van der Waals surface area contributed by atoms with E-state index in [9.17, 15) is 4.79 Å². The number of esters is 1. The molecule has 0 saturated carbocycles. The molecule has 0 N–H and O–H groups in total. The fourth-order valence-electron chi connectivity index (χ4n) is 1.11. The lowest BCUT2D eigenvalue weighted by Crippen LogP contribution is -2.01. The van der Waals surface area contributed by atoms with Crippen molar-refractivity contribution in [2.45, 2.75) is 6.92 Å². The first-order chi connectivity index (χ1) is 7.19. The van der Waals surface area contributed by atoms with Crippen molar-refractivity contribution in [1.29, 1.82) is 0 Å². The number of benzene rings is 1. The molecule has 1 aromatic carbocycles. The summed E-state index contributed by atoms with van der Waals surface area (Å²) < 4.78 is 4.64. The quantitative estimate of drug-likeness (QED) is 0.537. The Morgan fingerprint density at radius 1 is 1.47 bits per heavy atom. The van der Waals surface area contributed by atoms with Gasteiger partial charge >= 0.3 is 5.97 Å². The lowest BCUT2D eigenvalue weighted by molar-refractivity contribution is 0.0600. The van der Waals surface area contributed by atoms with Crippen LogP contribution in [0.2, 0.25) is 0 Å². The molecule has 0 aliphatic rings. The molecule has 0 bridgehead atoms. The summed E-state index contributed by atoms with van der Waals surface area (Å²) in [6.45, 7) is 1.96. The normalized spacial score (nSPS) is 9.00. The Morgan fingerprint density at radius 2 is 2.20 bits per heavy atom. The minimum absolute atomic E-state index is 0.331. The largest absolute Gasteiger partial charge is 0.465 e. The van der Waals surface area contributed by atoms with Crippen molar-refractivity contribution in [1.82, 2.24) is 0 Å². The lowest BCUT2D eigenvalue weighted by Gasteiger charge is -2.02. The predicted octanol–water partition coefficient (Wildman–Crippen LogP) is 2.45. The molecule has 0 aromatic heterocycles. The van der Waals surface area contributed by atoms with Crippen LogP contribution in [0.5, 0.6) is 0 Å². The second kappa shape index (κ2) is 5.47. The van der Waals surface area contributed by atoms with Crippen molar-refractivity contribution < 1.29 is 9.53 Å². The van der Waals surface area contributed by atoms with E-state index < -0.39 is 0 Å². The monoisotopic (exact) mass is 220 g/mol. The summed E-state index contributed by atoms with van der Waals surface area (Å²) in [6.07, 6.45) is 1.91. The molecule has 0 atom stereocenters. The van der Waals surface area contributed by atoms with E-state index >= 15 is 0 Å². The molecule has 2 nitrogen and oxygen atoms in total. The van der Waals surface area contributed by atoms with Crippen LogP contribution in [-0.2, 0) is 4.74 Å². The Bertz CT molecular complexity index is 427. The van der Waals surface area contributed by atoms with Crippen molar-refractivity contribution in [3.8, 4) is 11.2 Å². The van der Waals surface area contributed by atoms with Crippen LogP contribution in [-0.4, -0.2) is 19.3 Å². The number of rotatable bonds is 1. The molecule has 3 heteroatoms. The molecule has 15 heavy (non-hydrogen) atoms. The van der Waals surface area contributed by atoms with E-state index in [-0.39, 0.29) is 5.97 Å². The van der Waals surface area contributed by atoms with Crippen LogP contribution in [0, 0.1) is 18.1 Å². The standard InChI is InChI=1S/C12H12O2S/c1-9-4-5-11(12(13)14-2)8-10(9)6-7-15-3/h4-5,8H,1-3H3. The third kappa shape index (κ3) is 3.03. The van der Waals surface area contributed by atoms with E-state index in [0.717, 1.165) is 11.1 Å². The van der Waals surface area contributed by atoms with Gasteiger partial charge < -0.3 is 4.74 Å². The SMILES string of the molecule is COC(=O)c1ccc(C)c(C#CSC)c1. The molecule has 0 amide bonds. The molecule has 0 spiro atoms. The molecule has 0 aliphatic carbocycles. The van der Waals surface area contributed by atoms with E-state index in [4.69, 9.17) is 0 Å². The van der Waals surface area contributed by atoms with Gasteiger partial charge in [0.1, 0.15) is 0 Å². The van der Waals surface area contributed by atoms with E-state index in [1.807, 2.05) is 19.2 Å². The first kappa shape index (κ1) is 11.7. The highest BCUT2D eigenvalue weighted by Gasteiger charge is 2.06. The van der Waals surface area contributed by atoms with Crippen LogP contribution in [0.4, 0.5) is 0 Å². The highest BCUT2D eigenvalue weighted by molar-refractivity contribution is 8.03. The van der Waals surface area contributed by atoms with Gasteiger partial charge in [-0.25, -0.2) is 4.79 Å². The van der Waals surface area contributed by atoms with Gasteiger partial charge in [-0.05, 0) is 36.1 Å². The summed E-state index contributed by atoms with van der Waals surface area (Å²) in [4.78, 5) is 11.3. The highest BCUT2D eigenvalue weighted by Crippen LogP contribution is 2.11. The second-order valence-corrected chi connectivity index (χ2v) is 3.56. The van der Waals surface area contributed by atoms with Gasteiger partial charge in [0.05, 0.1) is 12.7 Å². The van der Waals surface area contributed by atoms with Crippen molar-refractivity contribution in [3.63, 3.8) is 0 Å². The van der Waals surface area contributed by atoms with Crippen LogP contribution in [0.3, 0.4) is 0 Å². The number of hydrogen-bond donors (Lipinski definition) is 0. The smallest absolute Gasteiger partial charge is 0.337 e. The molecular weight excluding hydrogens is 208 g/mol. The van der Waals surface area contributed by atoms with Crippen LogP contribution in [0.1, 0.15) is 21.5 Å². The van der Waals surface area contributed by atoms with Crippen LogP contribution >= 0.6 is 11.8 Å². The zero-order chi connectivity index (χ0) is 11.3. The molecule has 0 saturated heterocycles. The van der Waals surface area contributed by atoms with Crippen molar-refractivity contribution in [3.05, 3.63) is 34.9 Å². The van der Waals surface area contributed by atoms with Gasteiger partial charge in [0.15, 0.2) is 0 Å². The third-order valence-corrected chi connectivity index (χ3v) is 2.25. The molecule has 1 rings (SSSR count). The molecule has 0 fully saturated rings. The first-order valence-corrected chi connectivity index (χ1v) is 5.64. The Morgan fingerprint density at radius 3 is 2.80 bits per heavy atom. The second-order valence-electron chi connectivity index (χ2n) is 2.95. The minimum Gasteiger partial charge on any atom is -0.465 e. The van der Waals surface area contributed by atoms with Gasteiger partial charge in [-0.3, -0.25) is 0 Å². The van der Waals surface area contributed by atoms with Crippen molar-refractivity contribution >= 4 is 17.7 Å². The molecule has 0 unspecified atom stereocenters. The van der Waals surface area contributed by atoms with Gasteiger partial charge in [-0.15, -0.1) is 0 Å². The lowest BCUT2D eigenvalue weighted by atomic mass is 10.1. The average Bonchev–Trinajstić information content (AvgIpc) is 2.27. The maximum absolute atomic E-state index is 11.3. The number of carbonyl (C=O) groups is 1. The number of carbonyl (C=O) groups excluding carboxylic acids is 1. The highest BCUT2D eigenvalue weighted by atomic mass is 32.2. The maximum Gasteiger partial charge on any atom is 0.337 e. The zero-order valence-corrected chi connectivity index (χ0v) is 9.77. The van der Waals surface area contributed by atoms with Gasteiger partial charge in [0.25, 0.3) is 0 Å². The number of hydrogen-bond acceptors (Lipinski definition) is 3. The Labute approximate surface area is 94.0 Å².